The first-order valence-electron chi connectivity index (χ1n) is 6.74. The summed E-state index contributed by atoms with van der Waals surface area (Å²) in [7, 11) is 0. The molecule has 0 spiro atoms. The average molecular weight is 350 g/mol. The molecule has 3 aromatic rings. The molecule has 0 atom stereocenters. The molecule has 2 N–H and O–H groups in total. The molecule has 0 aliphatic heterocycles. The largest absolute Gasteiger partial charge is 0.338 e. The van der Waals surface area contributed by atoms with Gasteiger partial charge in [0, 0.05) is 23.9 Å². The van der Waals surface area contributed by atoms with Crippen molar-refractivity contribution in [1.82, 2.24) is 15.3 Å². The van der Waals surface area contributed by atoms with Crippen molar-refractivity contribution < 1.29 is 4.79 Å². The Morgan fingerprint density at radius 3 is 3.05 bits per heavy atom. The molecule has 2 heterocycles. The minimum absolute atomic E-state index is 0.210. The number of para-hydroxylation sites is 1. The molecule has 0 saturated carbocycles. The molecule has 0 fully saturated rings. The lowest BCUT2D eigenvalue weighted by Gasteiger charge is -2.04. The molecule has 0 aliphatic rings. The number of thiazole rings is 2. The van der Waals surface area contributed by atoms with Gasteiger partial charge in [0.1, 0.15) is 4.34 Å². The summed E-state index contributed by atoms with van der Waals surface area (Å²) < 4.78 is 2.14. The lowest BCUT2D eigenvalue weighted by molar-refractivity contribution is 0.252. The molecule has 5 nitrogen and oxygen atoms in total. The van der Waals surface area contributed by atoms with Crippen LogP contribution in [0.5, 0.6) is 0 Å². The SMILES string of the molecule is O=C(NCCCSc1nccs1)Nc1nc2ccccc2s1. The van der Waals surface area contributed by atoms with Crippen LogP contribution in [-0.2, 0) is 0 Å². The third-order valence-electron chi connectivity index (χ3n) is 2.76. The first kappa shape index (κ1) is 15.3. The number of carbonyl (C=O) groups is 1. The molecule has 114 valence electrons. The van der Waals surface area contributed by atoms with E-state index in [1.807, 2.05) is 29.6 Å². The van der Waals surface area contributed by atoms with Crippen LogP contribution in [0.2, 0.25) is 0 Å². The predicted octanol–water partition coefficient (Wildman–Crippen LogP) is 4.06. The summed E-state index contributed by atoms with van der Waals surface area (Å²) in [6.45, 7) is 0.634. The number of rotatable bonds is 6. The quantitative estimate of drug-likeness (QED) is 0.520. The second-order valence-corrected chi connectivity index (χ2v) is 7.63. The van der Waals surface area contributed by atoms with Crippen LogP contribution in [0, 0.1) is 0 Å². The van der Waals surface area contributed by atoms with Gasteiger partial charge in [-0.15, -0.1) is 11.3 Å². The smallest absolute Gasteiger partial charge is 0.321 e. The fourth-order valence-electron chi connectivity index (χ4n) is 1.78. The number of amides is 2. The summed E-state index contributed by atoms with van der Waals surface area (Å²) in [4.78, 5) is 20.4. The van der Waals surface area contributed by atoms with Gasteiger partial charge in [-0.3, -0.25) is 5.32 Å². The average Bonchev–Trinajstić information content (AvgIpc) is 3.15. The summed E-state index contributed by atoms with van der Waals surface area (Å²) in [5.74, 6) is 0.939. The van der Waals surface area contributed by atoms with E-state index in [1.165, 1.54) is 11.3 Å². The maximum atomic E-state index is 11.8. The predicted molar refractivity (Wildman–Crippen MR) is 94.1 cm³/mol. The summed E-state index contributed by atoms with van der Waals surface area (Å²) in [5, 5.41) is 8.20. The Bertz CT molecular complexity index is 708. The van der Waals surface area contributed by atoms with E-state index in [2.05, 4.69) is 20.6 Å². The summed E-state index contributed by atoms with van der Waals surface area (Å²) in [5.41, 5.74) is 0.905. The molecule has 0 saturated heterocycles. The Hall–Kier alpha value is -1.64. The van der Waals surface area contributed by atoms with E-state index in [1.54, 1.807) is 29.3 Å². The van der Waals surface area contributed by atoms with E-state index in [0.717, 1.165) is 26.7 Å². The van der Waals surface area contributed by atoms with Gasteiger partial charge in [0.05, 0.1) is 10.2 Å². The van der Waals surface area contributed by atoms with Gasteiger partial charge in [-0.25, -0.2) is 14.8 Å². The van der Waals surface area contributed by atoms with Crippen LogP contribution in [-0.4, -0.2) is 28.3 Å². The monoisotopic (exact) mass is 350 g/mol. The first-order valence-corrected chi connectivity index (χ1v) is 9.42. The van der Waals surface area contributed by atoms with Crippen LogP contribution < -0.4 is 10.6 Å². The maximum Gasteiger partial charge on any atom is 0.321 e. The highest BCUT2D eigenvalue weighted by Crippen LogP contribution is 2.25. The van der Waals surface area contributed by atoms with Crippen LogP contribution >= 0.6 is 34.4 Å². The Kier molecular flexibility index (Phi) is 5.25. The van der Waals surface area contributed by atoms with Crippen molar-refractivity contribution >= 4 is 55.8 Å². The van der Waals surface area contributed by atoms with Gasteiger partial charge in [0.25, 0.3) is 0 Å². The zero-order valence-electron chi connectivity index (χ0n) is 11.6. The zero-order valence-corrected chi connectivity index (χ0v) is 14.1. The molecule has 0 unspecified atom stereocenters. The van der Waals surface area contributed by atoms with Gasteiger partial charge in [0.2, 0.25) is 0 Å². The van der Waals surface area contributed by atoms with Crippen LogP contribution in [0.25, 0.3) is 10.2 Å². The van der Waals surface area contributed by atoms with Crippen LogP contribution in [0.15, 0.2) is 40.2 Å². The number of hydrogen-bond acceptors (Lipinski definition) is 6. The van der Waals surface area contributed by atoms with Crippen molar-refractivity contribution in [2.45, 2.75) is 10.8 Å². The Labute approximate surface area is 140 Å². The fourth-order valence-corrected chi connectivity index (χ4v) is 4.29. The van der Waals surface area contributed by atoms with Crippen molar-refractivity contribution in [1.29, 1.82) is 0 Å². The zero-order chi connectivity index (χ0) is 15.2. The van der Waals surface area contributed by atoms with E-state index in [0.29, 0.717) is 11.7 Å². The van der Waals surface area contributed by atoms with Crippen molar-refractivity contribution in [2.24, 2.45) is 0 Å². The number of fused-ring (bicyclic) bond motifs is 1. The van der Waals surface area contributed by atoms with Gasteiger partial charge in [-0.2, -0.15) is 0 Å². The standard InChI is InChI=1S/C14H14N4OS3/c19-12(15-6-3-8-20-14-16-7-9-21-14)18-13-17-10-4-1-2-5-11(10)22-13/h1-2,4-5,7,9H,3,6,8H2,(H2,15,17,18,19). The van der Waals surface area contributed by atoms with Gasteiger partial charge in [0.15, 0.2) is 5.13 Å². The second kappa shape index (κ2) is 7.57. The Balaban J connectivity index is 1.38. The molecule has 0 bridgehead atoms. The number of benzene rings is 1. The van der Waals surface area contributed by atoms with E-state index < -0.39 is 0 Å². The third kappa shape index (κ3) is 4.19. The van der Waals surface area contributed by atoms with Crippen molar-refractivity contribution in [3.8, 4) is 0 Å². The minimum atomic E-state index is -0.210. The molecule has 1 aromatic carbocycles. The number of anilines is 1. The van der Waals surface area contributed by atoms with Crippen LogP contribution in [0.3, 0.4) is 0 Å². The van der Waals surface area contributed by atoms with Crippen LogP contribution in [0.4, 0.5) is 9.93 Å². The number of thioether (sulfide) groups is 1. The fraction of sp³-hybridized carbons (Fsp3) is 0.214. The van der Waals surface area contributed by atoms with Gasteiger partial charge < -0.3 is 5.32 Å². The molecule has 3 rings (SSSR count). The topological polar surface area (TPSA) is 66.9 Å². The Morgan fingerprint density at radius 2 is 2.23 bits per heavy atom. The summed E-state index contributed by atoms with van der Waals surface area (Å²) in [6, 6.07) is 7.62. The molecule has 22 heavy (non-hydrogen) atoms. The lowest BCUT2D eigenvalue weighted by Crippen LogP contribution is -2.29. The summed E-state index contributed by atoms with van der Waals surface area (Å²) in [6.07, 6.45) is 2.70. The summed E-state index contributed by atoms with van der Waals surface area (Å²) >= 11 is 4.82. The van der Waals surface area contributed by atoms with Gasteiger partial charge >= 0.3 is 6.03 Å². The van der Waals surface area contributed by atoms with Crippen molar-refractivity contribution in [2.75, 3.05) is 17.6 Å². The molecule has 0 aliphatic carbocycles. The number of hydrogen-bond donors (Lipinski definition) is 2. The minimum Gasteiger partial charge on any atom is -0.338 e. The van der Waals surface area contributed by atoms with E-state index in [9.17, 15) is 4.79 Å². The first-order chi connectivity index (χ1) is 10.8. The molecular weight excluding hydrogens is 336 g/mol. The van der Waals surface area contributed by atoms with E-state index in [-0.39, 0.29) is 6.03 Å². The molecular formula is C14H14N4OS3. The Morgan fingerprint density at radius 1 is 1.32 bits per heavy atom. The number of urea groups is 1. The lowest BCUT2D eigenvalue weighted by atomic mass is 10.3. The highest BCUT2D eigenvalue weighted by molar-refractivity contribution is 8.00. The van der Waals surface area contributed by atoms with E-state index >= 15 is 0 Å². The molecule has 2 amide bonds. The van der Waals surface area contributed by atoms with Crippen molar-refractivity contribution in [3.63, 3.8) is 0 Å². The maximum absolute atomic E-state index is 11.8. The normalized spacial score (nSPS) is 10.7. The number of nitrogens with one attached hydrogen (secondary N) is 2. The number of aromatic nitrogens is 2. The third-order valence-corrected chi connectivity index (χ3v) is 5.76. The van der Waals surface area contributed by atoms with Crippen molar-refractivity contribution in [3.05, 3.63) is 35.8 Å². The van der Waals surface area contributed by atoms with Gasteiger partial charge in [-0.1, -0.05) is 35.2 Å². The molecule has 8 heteroatoms. The molecule has 2 aromatic heterocycles. The van der Waals surface area contributed by atoms with Crippen LogP contribution in [0.1, 0.15) is 6.42 Å². The van der Waals surface area contributed by atoms with Gasteiger partial charge in [-0.05, 0) is 18.6 Å². The highest BCUT2D eigenvalue weighted by atomic mass is 32.2. The second-order valence-electron chi connectivity index (χ2n) is 4.37. The molecule has 0 radical (unpaired) electrons. The highest BCUT2D eigenvalue weighted by Gasteiger charge is 2.06. The number of nitrogens with zero attached hydrogens (tertiary/aromatic N) is 2. The number of carbonyl (C=O) groups excluding carboxylic acids is 1. The van der Waals surface area contributed by atoms with E-state index in [4.69, 9.17) is 0 Å².